The third-order valence-corrected chi connectivity index (χ3v) is 14.7. The lowest BCUT2D eigenvalue weighted by Crippen LogP contribution is -2.36. The van der Waals surface area contributed by atoms with Gasteiger partial charge in [0.05, 0.1) is 5.41 Å². The Balaban J connectivity index is 1.21. The zero-order valence-corrected chi connectivity index (χ0v) is 40.6. The monoisotopic (exact) mass is 934 g/mol. The Morgan fingerprint density at radius 1 is 0.639 bits per heavy atom. The maximum absolute atomic E-state index is 11.8. The van der Waals surface area contributed by atoms with E-state index in [1.165, 1.54) is 69.8 Å². The Hall–Kier alpha value is -8.72. The highest BCUT2D eigenvalue weighted by atomic mass is 16.5. The molecule has 72 heavy (non-hydrogen) atoms. The molecule has 2 aliphatic rings. The number of rotatable bonds is 14. The SMILES string of the molecule is CCCCCCc1ccc(C2(c3ccc(C)cc3)c3cc(N(c4ccccc4)c4ccccc4)ccc3-c3c2c2c(c4ccccc34)OC(c3ccccc3)(c3ccc(/C=C(/C#N)C(=O)O)cc3)C=C2)cc1. The van der Waals surface area contributed by atoms with E-state index in [2.05, 4.69) is 195 Å². The molecule has 1 N–H and O–H groups in total. The summed E-state index contributed by atoms with van der Waals surface area (Å²) in [4.78, 5) is 14.2. The second-order valence-corrected chi connectivity index (χ2v) is 19.0. The third kappa shape index (κ3) is 7.86. The second-order valence-electron chi connectivity index (χ2n) is 19.0. The minimum atomic E-state index is -1.26. The predicted octanol–water partition coefficient (Wildman–Crippen LogP) is 16.4. The van der Waals surface area contributed by atoms with Crippen molar-refractivity contribution >= 4 is 46.0 Å². The molecule has 1 heterocycles. The molecule has 9 aromatic rings. The van der Waals surface area contributed by atoms with Gasteiger partial charge in [-0.2, -0.15) is 5.26 Å². The average Bonchev–Trinajstić information content (AvgIpc) is 3.74. The standard InChI is InChI=1S/C67H54N2O3/c1-3-4-5-9-18-47-29-37-53(38-30-47)67(52-33-27-46(2)28-34-52)61-44-56(69(54-21-12-7-13-22-54)55-23-14-8-15-24-55)39-40-59(61)62-57-25-16-17-26-58(57)64-60(63(62)67)41-42-66(72-64,50-19-10-6-11-20-50)51-35-31-48(32-36-51)43-49(45-68)65(70)71/h6-8,10-17,19-44H,3-5,9,18H2,1-2H3,(H,70,71)/b49-43-. The smallest absolute Gasteiger partial charge is 0.346 e. The minimum absolute atomic E-state index is 0.330. The molecular weight excluding hydrogens is 881 g/mol. The van der Waals surface area contributed by atoms with Crippen LogP contribution < -0.4 is 9.64 Å². The number of nitrogens with zero attached hydrogens (tertiary/aromatic N) is 2. The van der Waals surface area contributed by atoms with Crippen LogP contribution >= 0.6 is 0 Å². The number of carbonyl (C=O) groups is 1. The molecule has 5 nitrogen and oxygen atoms in total. The van der Waals surface area contributed by atoms with Crippen LogP contribution in [0.4, 0.5) is 17.1 Å². The van der Waals surface area contributed by atoms with E-state index in [4.69, 9.17) is 4.74 Å². The van der Waals surface area contributed by atoms with E-state index in [0.717, 1.165) is 63.1 Å². The number of nitriles is 1. The summed E-state index contributed by atoms with van der Waals surface area (Å²) in [6, 6.07) is 75.3. The van der Waals surface area contributed by atoms with E-state index in [-0.39, 0.29) is 5.57 Å². The summed E-state index contributed by atoms with van der Waals surface area (Å²) in [5.41, 5.74) is 14.0. The summed E-state index contributed by atoms with van der Waals surface area (Å²) in [6.45, 7) is 4.42. The van der Waals surface area contributed by atoms with Gasteiger partial charge in [-0.05, 0) is 118 Å². The summed E-state index contributed by atoms with van der Waals surface area (Å²) < 4.78 is 7.80. The summed E-state index contributed by atoms with van der Waals surface area (Å²) >= 11 is 0. The van der Waals surface area contributed by atoms with Crippen LogP contribution in [0.5, 0.6) is 5.75 Å². The zero-order valence-electron chi connectivity index (χ0n) is 40.6. The van der Waals surface area contributed by atoms with Crippen molar-refractivity contribution in [3.05, 3.63) is 274 Å². The predicted molar refractivity (Wildman–Crippen MR) is 293 cm³/mol. The Kier molecular flexibility index (Phi) is 12.2. The van der Waals surface area contributed by atoms with Crippen LogP contribution in [-0.4, -0.2) is 11.1 Å². The van der Waals surface area contributed by atoms with Crippen molar-refractivity contribution in [2.24, 2.45) is 0 Å². The van der Waals surface area contributed by atoms with Crippen molar-refractivity contribution in [1.82, 2.24) is 0 Å². The topological polar surface area (TPSA) is 73.6 Å². The minimum Gasteiger partial charge on any atom is -0.477 e. The molecule has 9 aromatic carbocycles. The van der Waals surface area contributed by atoms with Gasteiger partial charge in [0.25, 0.3) is 0 Å². The van der Waals surface area contributed by atoms with Crippen LogP contribution in [0, 0.1) is 18.3 Å². The number of fused-ring (bicyclic) bond motifs is 8. The lowest BCUT2D eigenvalue weighted by Gasteiger charge is -2.40. The van der Waals surface area contributed by atoms with Gasteiger partial charge in [-0.25, -0.2) is 4.79 Å². The molecule has 0 saturated heterocycles. The second kappa shape index (κ2) is 19.2. The highest BCUT2D eigenvalue weighted by Gasteiger charge is 2.51. The van der Waals surface area contributed by atoms with Gasteiger partial charge in [0.1, 0.15) is 17.4 Å². The highest BCUT2D eigenvalue weighted by Crippen LogP contribution is 2.63. The molecule has 0 amide bonds. The summed E-state index contributed by atoms with van der Waals surface area (Å²) in [5, 5.41) is 21.3. The normalized spacial score (nSPS) is 16.5. The van der Waals surface area contributed by atoms with Gasteiger partial charge in [-0.15, -0.1) is 0 Å². The Morgan fingerprint density at radius 2 is 1.22 bits per heavy atom. The summed E-state index contributed by atoms with van der Waals surface area (Å²) in [7, 11) is 0. The molecule has 2 atom stereocenters. The number of aryl methyl sites for hydroxylation is 2. The first-order valence-corrected chi connectivity index (χ1v) is 25.0. The van der Waals surface area contributed by atoms with Gasteiger partial charge in [0.2, 0.25) is 0 Å². The number of anilines is 3. The largest absolute Gasteiger partial charge is 0.477 e. The van der Waals surface area contributed by atoms with Crippen LogP contribution in [0.2, 0.25) is 0 Å². The first-order chi connectivity index (χ1) is 35.3. The average molecular weight is 935 g/mol. The Labute approximate surface area is 422 Å². The van der Waals surface area contributed by atoms with Crippen molar-refractivity contribution in [2.75, 3.05) is 4.90 Å². The van der Waals surface area contributed by atoms with Crippen molar-refractivity contribution in [2.45, 2.75) is 57.0 Å². The van der Waals surface area contributed by atoms with Gasteiger partial charge in [0.15, 0.2) is 5.60 Å². The molecule has 1 aliphatic heterocycles. The van der Waals surface area contributed by atoms with Crippen molar-refractivity contribution in [3.63, 3.8) is 0 Å². The lowest BCUT2D eigenvalue weighted by atomic mass is 9.65. The maximum atomic E-state index is 11.8. The molecule has 350 valence electrons. The molecule has 11 rings (SSSR count). The molecule has 0 bridgehead atoms. The van der Waals surface area contributed by atoms with E-state index >= 15 is 0 Å². The number of carboxylic acids is 1. The van der Waals surface area contributed by atoms with E-state index < -0.39 is 17.0 Å². The van der Waals surface area contributed by atoms with Gasteiger partial charge in [0, 0.05) is 39.1 Å². The highest BCUT2D eigenvalue weighted by molar-refractivity contribution is 6.10. The molecule has 1 aliphatic carbocycles. The van der Waals surface area contributed by atoms with Gasteiger partial charge >= 0.3 is 5.97 Å². The summed E-state index contributed by atoms with van der Waals surface area (Å²) in [6.07, 6.45) is 11.8. The van der Waals surface area contributed by atoms with Crippen LogP contribution in [0.25, 0.3) is 34.1 Å². The Bertz CT molecular complexity index is 3520. The maximum Gasteiger partial charge on any atom is 0.346 e. The fraction of sp³-hybridized carbons (Fsp3) is 0.134. The first kappa shape index (κ1) is 45.7. The van der Waals surface area contributed by atoms with E-state index in [9.17, 15) is 15.2 Å². The number of hydrogen-bond donors (Lipinski definition) is 1. The molecule has 0 aromatic heterocycles. The van der Waals surface area contributed by atoms with E-state index in [1.54, 1.807) is 0 Å². The van der Waals surface area contributed by atoms with Crippen LogP contribution in [0.15, 0.2) is 218 Å². The fourth-order valence-electron chi connectivity index (χ4n) is 11.2. The first-order valence-electron chi connectivity index (χ1n) is 25.0. The molecule has 0 radical (unpaired) electrons. The third-order valence-electron chi connectivity index (χ3n) is 14.7. The number of aliphatic carboxylic acids is 1. The van der Waals surface area contributed by atoms with Crippen molar-refractivity contribution < 1.29 is 14.6 Å². The lowest BCUT2D eigenvalue weighted by molar-refractivity contribution is -0.132. The molecule has 0 spiro atoms. The quantitative estimate of drug-likeness (QED) is 0.0668. The van der Waals surface area contributed by atoms with Gasteiger partial charge < -0.3 is 14.7 Å². The van der Waals surface area contributed by atoms with Crippen LogP contribution in [-0.2, 0) is 22.2 Å². The van der Waals surface area contributed by atoms with Gasteiger partial charge in [-0.1, -0.05) is 208 Å². The summed E-state index contributed by atoms with van der Waals surface area (Å²) in [5.74, 6) is -0.482. The molecule has 2 unspecified atom stereocenters. The van der Waals surface area contributed by atoms with E-state index in [1.807, 2.05) is 48.5 Å². The number of hydrogen-bond acceptors (Lipinski definition) is 4. The number of benzene rings is 9. The molecule has 0 saturated carbocycles. The number of ether oxygens (including phenoxy) is 1. The van der Waals surface area contributed by atoms with Crippen LogP contribution in [0.1, 0.15) is 88.2 Å². The number of para-hydroxylation sites is 2. The Morgan fingerprint density at radius 3 is 1.85 bits per heavy atom. The van der Waals surface area contributed by atoms with E-state index in [0.29, 0.717) is 5.56 Å². The molecule has 0 fully saturated rings. The molecular formula is C67H54N2O3. The van der Waals surface area contributed by atoms with Crippen LogP contribution in [0.3, 0.4) is 0 Å². The zero-order chi connectivity index (χ0) is 49.2. The van der Waals surface area contributed by atoms with Crippen molar-refractivity contribution in [3.8, 4) is 22.9 Å². The number of unbranched alkanes of at least 4 members (excludes halogenated alkanes) is 3. The fourth-order valence-corrected chi connectivity index (χ4v) is 11.2. The molecule has 5 heteroatoms. The van der Waals surface area contributed by atoms with Gasteiger partial charge in [-0.3, -0.25) is 0 Å². The number of carboxylic acid groups (broad SMARTS) is 1. The van der Waals surface area contributed by atoms with Crippen molar-refractivity contribution in [1.29, 1.82) is 5.26 Å².